The highest BCUT2D eigenvalue weighted by atomic mass is 19.4. The number of amides is 2. The molecular formula is C18H29F3N2O4. The van der Waals surface area contributed by atoms with Gasteiger partial charge in [0, 0.05) is 6.04 Å². The second-order valence-electron chi connectivity index (χ2n) is 8.04. The summed E-state index contributed by atoms with van der Waals surface area (Å²) in [6, 6.07) is -2.35. The molecule has 1 unspecified atom stereocenters. The van der Waals surface area contributed by atoms with Crippen molar-refractivity contribution >= 4 is 17.8 Å². The summed E-state index contributed by atoms with van der Waals surface area (Å²) >= 11 is 0. The number of Topliss-reactive ketones (excluding diaryl/α,β-unsaturated/α-hetero) is 1. The molecule has 9 heteroatoms. The quantitative estimate of drug-likeness (QED) is 0.676. The third-order valence-corrected chi connectivity index (χ3v) is 4.38. The Morgan fingerprint density at radius 3 is 2.07 bits per heavy atom. The highest BCUT2D eigenvalue weighted by molar-refractivity contribution is 6.38. The van der Waals surface area contributed by atoms with Crippen LogP contribution in [0.5, 0.6) is 0 Å². The number of halogens is 3. The molecule has 1 saturated carbocycles. The molecule has 1 fully saturated rings. The Bertz CT molecular complexity index is 538. The summed E-state index contributed by atoms with van der Waals surface area (Å²) in [6.45, 7) is 6.34. The molecule has 27 heavy (non-hydrogen) atoms. The predicted molar refractivity (Wildman–Crippen MR) is 93.0 cm³/mol. The van der Waals surface area contributed by atoms with E-state index in [2.05, 4.69) is 5.32 Å². The van der Waals surface area contributed by atoms with Crippen LogP contribution in [0.25, 0.3) is 0 Å². The lowest BCUT2D eigenvalue weighted by molar-refractivity contribution is -0.152. The Hall–Kier alpha value is -1.80. The molecule has 0 aromatic heterocycles. The molecule has 0 aliphatic heterocycles. The van der Waals surface area contributed by atoms with Gasteiger partial charge in [-0.1, -0.05) is 19.3 Å². The van der Waals surface area contributed by atoms with E-state index in [4.69, 9.17) is 4.74 Å². The average molecular weight is 394 g/mol. The zero-order valence-corrected chi connectivity index (χ0v) is 16.2. The molecule has 156 valence electrons. The average Bonchev–Trinajstić information content (AvgIpc) is 2.51. The molecule has 0 bridgehead atoms. The summed E-state index contributed by atoms with van der Waals surface area (Å²) in [5, 5.41) is 4.36. The molecule has 2 N–H and O–H groups in total. The maximum Gasteiger partial charge on any atom is 0.408 e. The number of nitrogens with one attached hydrogen (secondary N) is 2. The van der Waals surface area contributed by atoms with Crippen LogP contribution in [0.1, 0.15) is 66.2 Å². The van der Waals surface area contributed by atoms with Crippen molar-refractivity contribution in [3.05, 3.63) is 0 Å². The fourth-order valence-corrected chi connectivity index (χ4v) is 3.08. The fraction of sp³-hybridized carbons (Fsp3) is 0.833. The van der Waals surface area contributed by atoms with Crippen LogP contribution in [-0.2, 0) is 14.3 Å². The first-order valence-electron chi connectivity index (χ1n) is 9.19. The van der Waals surface area contributed by atoms with Gasteiger partial charge in [-0.05, 0) is 46.5 Å². The molecular weight excluding hydrogens is 365 g/mol. The molecule has 0 aromatic carbocycles. The van der Waals surface area contributed by atoms with Crippen molar-refractivity contribution in [1.29, 1.82) is 0 Å². The van der Waals surface area contributed by atoms with E-state index >= 15 is 0 Å². The van der Waals surface area contributed by atoms with E-state index in [-0.39, 0.29) is 12.0 Å². The normalized spacial score (nSPS) is 18.3. The Labute approximate surface area is 157 Å². The van der Waals surface area contributed by atoms with E-state index in [1.54, 1.807) is 6.92 Å². The van der Waals surface area contributed by atoms with Gasteiger partial charge in [-0.25, -0.2) is 4.79 Å². The Balaban J connectivity index is 2.75. The van der Waals surface area contributed by atoms with Crippen LogP contribution in [0.3, 0.4) is 0 Å². The third-order valence-electron chi connectivity index (χ3n) is 4.38. The first-order chi connectivity index (χ1) is 12.3. The number of hydrogen-bond acceptors (Lipinski definition) is 4. The van der Waals surface area contributed by atoms with Gasteiger partial charge in [0.05, 0.1) is 6.42 Å². The summed E-state index contributed by atoms with van der Waals surface area (Å²) in [7, 11) is 0. The number of alkyl halides is 3. The monoisotopic (exact) mass is 394 g/mol. The molecule has 0 radical (unpaired) electrons. The maximum atomic E-state index is 12.8. The van der Waals surface area contributed by atoms with Gasteiger partial charge >= 0.3 is 12.3 Å². The summed E-state index contributed by atoms with van der Waals surface area (Å²) in [4.78, 5) is 36.2. The van der Waals surface area contributed by atoms with Gasteiger partial charge < -0.3 is 15.4 Å². The number of carbonyl (C=O) groups excluding carboxylic acids is 3. The SMILES string of the molecule is C[C@H](NC(=O)C(=O)C(CC(F)(F)F)NC(=O)OC(C)(C)C)C1CCCCC1. The first kappa shape index (κ1) is 23.2. The van der Waals surface area contributed by atoms with Gasteiger partial charge in [0.2, 0.25) is 5.78 Å². The van der Waals surface area contributed by atoms with E-state index in [0.717, 1.165) is 32.1 Å². The Morgan fingerprint density at radius 1 is 1.04 bits per heavy atom. The summed E-state index contributed by atoms with van der Waals surface area (Å²) in [5.41, 5.74) is -0.951. The summed E-state index contributed by atoms with van der Waals surface area (Å²) in [6.07, 6.45) is -2.59. The molecule has 6 nitrogen and oxygen atoms in total. The lowest BCUT2D eigenvalue weighted by Crippen LogP contribution is -2.52. The lowest BCUT2D eigenvalue weighted by atomic mass is 9.84. The highest BCUT2D eigenvalue weighted by Crippen LogP contribution is 2.26. The van der Waals surface area contributed by atoms with Crippen molar-refractivity contribution in [2.24, 2.45) is 5.92 Å². The zero-order chi connectivity index (χ0) is 20.8. The van der Waals surface area contributed by atoms with Crippen molar-refractivity contribution in [3.63, 3.8) is 0 Å². The molecule has 2 atom stereocenters. The van der Waals surface area contributed by atoms with Crippen LogP contribution in [0, 0.1) is 5.92 Å². The number of ketones is 1. The molecule has 1 rings (SSSR count). The number of hydrogen-bond donors (Lipinski definition) is 2. The summed E-state index contributed by atoms with van der Waals surface area (Å²) in [5.74, 6) is -2.27. The van der Waals surface area contributed by atoms with Crippen LogP contribution >= 0.6 is 0 Å². The Morgan fingerprint density at radius 2 is 1.59 bits per heavy atom. The molecule has 0 spiro atoms. The van der Waals surface area contributed by atoms with Crippen LogP contribution < -0.4 is 10.6 Å². The predicted octanol–water partition coefficient (Wildman–Crippen LogP) is 3.49. The van der Waals surface area contributed by atoms with Crippen molar-refractivity contribution in [2.75, 3.05) is 0 Å². The topological polar surface area (TPSA) is 84.5 Å². The highest BCUT2D eigenvalue weighted by Gasteiger charge is 2.39. The van der Waals surface area contributed by atoms with Crippen molar-refractivity contribution in [1.82, 2.24) is 10.6 Å². The minimum Gasteiger partial charge on any atom is -0.444 e. The maximum absolute atomic E-state index is 12.8. The number of rotatable bonds is 6. The van der Waals surface area contributed by atoms with Gasteiger partial charge in [-0.2, -0.15) is 13.2 Å². The molecule has 1 aliphatic rings. The van der Waals surface area contributed by atoms with Gasteiger partial charge in [0.25, 0.3) is 5.91 Å². The molecule has 1 aliphatic carbocycles. The lowest BCUT2D eigenvalue weighted by Gasteiger charge is -2.28. The molecule has 2 amide bonds. The van der Waals surface area contributed by atoms with Crippen LogP contribution in [0.15, 0.2) is 0 Å². The van der Waals surface area contributed by atoms with Crippen LogP contribution in [0.2, 0.25) is 0 Å². The van der Waals surface area contributed by atoms with E-state index in [0.29, 0.717) is 0 Å². The van der Waals surface area contributed by atoms with Gasteiger partial charge in [-0.3, -0.25) is 9.59 Å². The number of alkyl carbamates (subject to hydrolysis) is 1. The molecule has 0 heterocycles. The van der Waals surface area contributed by atoms with E-state index in [1.807, 2.05) is 5.32 Å². The van der Waals surface area contributed by atoms with E-state index in [1.165, 1.54) is 20.8 Å². The van der Waals surface area contributed by atoms with Gasteiger partial charge in [-0.15, -0.1) is 0 Å². The third kappa shape index (κ3) is 9.10. The van der Waals surface area contributed by atoms with Crippen LogP contribution in [-0.4, -0.2) is 41.6 Å². The second-order valence-corrected chi connectivity index (χ2v) is 8.04. The van der Waals surface area contributed by atoms with Crippen molar-refractivity contribution in [3.8, 4) is 0 Å². The largest absolute Gasteiger partial charge is 0.444 e. The number of carbonyl (C=O) groups is 3. The van der Waals surface area contributed by atoms with E-state index < -0.39 is 42.0 Å². The minimum absolute atomic E-state index is 0.190. The molecule has 0 aromatic rings. The van der Waals surface area contributed by atoms with Crippen molar-refractivity contribution < 1.29 is 32.3 Å². The zero-order valence-electron chi connectivity index (χ0n) is 16.2. The smallest absolute Gasteiger partial charge is 0.408 e. The minimum atomic E-state index is -4.73. The van der Waals surface area contributed by atoms with Gasteiger partial charge in [0.15, 0.2) is 0 Å². The summed E-state index contributed by atoms with van der Waals surface area (Å²) < 4.78 is 43.3. The van der Waals surface area contributed by atoms with Crippen LogP contribution in [0.4, 0.5) is 18.0 Å². The standard InChI is InChI=1S/C18H29F3N2O4/c1-11(12-8-6-5-7-9-12)22-15(25)14(24)13(10-18(19,20)21)23-16(26)27-17(2,3)4/h11-13H,5-10H2,1-4H3,(H,22,25)(H,23,26)/t11-,13?/m0/s1. The van der Waals surface area contributed by atoms with Crippen molar-refractivity contribution in [2.45, 2.75) is 90.1 Å². The number of ether oxygens (including phenoxy) is 1. The second kappa shape index (κ2) is 9.41. The van der Waals surface area contributed by atoms with Gasteiger partial charge in [0.1, 0.15) is 11.6 Å². The molecule has 0 saturated heterocycles. The van der Waals surface area contributed by atoms with E-state index in [9.17, 15) is 27.6 Å². The Kier molecular flexibility index (Phi) is 8.10. The fourth-order valence-electron chi connectivity index (χ4n) is 3.08. The first-order valence-corrected chi connectivity index (χ1v) is 9.19.